The summed E-state index contributed by atoms with van der Waals surface area (Å²) in [6.07, 6.45) is 10.7. The van der Waals surface area contributed by atoms with Gasteiger partial charge < -0.3 is 10.2 Å². The number of piperazine rings is 1. The number of rotatable bonds is 4. The Kier molecular flexibility index (Phi) is 6.28. The number of nitrogens with zero attached hydrogens (tertiary/aromatic N) is 3. The van der Waals surface area contributed by atoms with E-state index in [2.05, 4.69) is 20.1 Å². The number of carbonyl (C=O) groups is 1. The molecule has 1 saturated heterocycles. The fourth-order valence-electron chi connectivity index (χ4n) is 3.55. The third-order valence-corrected chi connectivity index (χ3v) is 5.73. The fraction of sp³-hybridized carbons (Fsp3) is 0.765. The molecule has 1 amide bonds. The van der Waals surface area contributed by atoms with Gasteiger partial charge >= 0.3 is 0 Å². The molecule has 0 spiro atoms. The minimum Gasteiger partial charge on any atom is -0.352 e. The van der Waals surface area contributed by atoms with E-state index in [1.54, 1.807) is 11.3 Å². The summed E-state index contributed by atoms with van der Waals surface area (Å²) in [5, 5.41) is 6.39. The molecular formula is C17H28N4OS. The normalized spacial score (nSPS) is 21.7. The van der Waals surface area contributed by atoms with Gasteiger partial charge in [0.15, 0.2) is 5.13 Å². The number of thiazole rings is 1. The number of amides is 1. The topological polar surface area (TPSA) is 48.5 Å². The molecule has 0 atom stereocenters. The van der Waals surface area contributed by atoms with E-state index in [1.165, 1.54) is 32.1 Å². The number of nitrogens with one attached hydrogen (secondary N) is 1. The molecule has 0 aromatic carbocycles. The molecule has 1 aromatic rings. The van der Waals surface area contributed by atoms with Gasteiger partial charge in [0, 0.05) is 43.8 Å². The van der Waals surface area contributed by atoms with Crippen molar-refractivity contribution >= 4 is 22.4 Å². The highest BCUT2D eigenvalue weighted by molar-refractivity contribution is 7.13. The summed E-state index contributed by atoms with van der Waals surface area (Å²) in [6, 6.07) is 0.402. The maximum atomic E-state index is 12.3. The number of aromatic nitrogens is 1. The second kappa shape index (κ2) is 8.64. The first-order valence-electron chi connectivity index (χ1n) is 8.97. The lowest BCUT2D eigenvalue weighted by atomic mass is 9.97. The number of carbonyl (C=O) groups excluding carboxylic acids is 1. The zero-order chi connectivity index (χ0) is 15.9. The average molecular weight is 337 g/mol. The van der Waals surface area contributed by atoms with Gasteiger partial charge in [0.1, 0.15) is 0 Å². The van der Waals surface area contributed by atoms with E-state index in [1.807, 2.05) is 11.6 Å². The van der Waals surface area contributed by atoms with Crippen LogP contribution in [0.1, 0.15) is 44.9 Å². The van der Waals surface area contributed by atoms with E-state index < -0.39 is 0 Å². The molecule has 0 unspecified atom stereocenters. The van der Waals surface area contributed by atoms with Gasteiger partial charge in [-0.25, -0.2) is 4.98 Å². The molecule has 5 nitrogen and oxygen atoms in total. The largest absolute Gasteiger partial charge is 0.352 e. The van der Waals surface area contributed by atoms with Crippen LogP contribution in [0.25, 0.3) is 0 Å². The Hall–Kier alpha value is -1.14. The van der Waals surface area contributed by atoms with Crippen molar-refractivity contribution in [3.8, 4) is 0 Å². The van der Waals surface area contributed by atoms with Gasteiger partial charge in [-0.1, -0.05) is 32.1 Å². The lowest BCUT2D eigenvalue weighted by Gasteiger charge is -2.34. The molecule has 0 radical (unpaired) electrons. The zero-order valence-corrected chi connectivity index (χ0v) is 14.7. The first kappa shape index (κ1) is 16.7. The van der Waals surface area contributed by atoms with Crippen molar-refractivity contribution in [3.63, 3.8) is 0 Å². The summed E-state index contributed by atoms with van der Waals surface area (Å²) in [7, 11) is 0. The van der Waals surface area contributed by atoms with Crippen molar-refractivity contribution in [1.29, 1.82) is 0 Å². The first-order chi connectivity index (χ1) is 11.3. The van der Waals surface area contributed by atoms with Gasteiger partial charge in [0.05, 0.1) is 6.54 Å². The molecule has 2 heterocycles. The Morgan fingerprint density at radius 3 is 2.48 bits per heavy atom. The van der Waals surface area contributed by atoms with Crippen molar-refractivity contribution in [3.05, 3.63) is 11.6 Å². The molecule has 6 heteroatoms. The van der Waals surface area contributed by atoms with Crippen molar-refractivity contribution < 1.29 is 4.79 Å². The SMILES string of the molecule is O=C(CN1CCN(c2nccs2)CC1)NC1CCCCCCC1. The summed E-state index contributed by atoms with van der Waals surface area (Å²) in [5.74, 6) is 0.207. The van der Waals surface area contributed by atoms with Gasteiger partial charge in [-0.3, -0.25) is 9.69 Å². The molecule has 0 bridgehead atoms. The molecule has 1 aromatic heterocycles. The Bertz CT molecular complexity index is 463. The Morgan fingerprint density at radius 1 is 1.13 bits per heavy atom. The van der Waals surface area contributed by atoms with Crippen molar-refractivity contribution in [1.82, 2.24) is 15.2 Å². The predicted molar refractivity (Wildman–Crippen MR) is 95.0 cm³/mol. The molecule has 1 N–H and O–H groups in total. The van der Waals surface area contributed by atoms with Gasteiger partial charge in [-0.2, -0.15) is 0 Å². The second-order valence-electron chi connectivity index (χ2n) is 6.69. The lowest BCUT2D eigenvalue weighted by molar-refractivity contribution is -0.123. The smallest absolute Gasteiger partial charge is 0.234 e. The third kappa shape index (κ3) is 5.18. The zero-order valence-electron chi connectivity index (χ0n) is 13.9. The maximum absolute atomic E-state index is 12.3. The summed E-state index contributed by atoms with van der Waals surface area (Å²) in [4.78, 5) is 21.3. The summed E-state index contributed by atoms with van der Waals surface area (Å²) < 4.78 is 0. The van der Waals surface area contributed by atoms with E-state index in [0.29, 0.717) is 12.6 Å². The standard InChI is InChI=1S/C17H28N4OS/c22-16(19-15-6-4-2-1-3-5-7-15)14-20-9-11-21(12-10-20)17-18-8-13-23-17/h8,13,15H,1-7,9-12,14H2,(H,19,22). The van der Waals surface area contributed by atoms with Crippen LogP contribution in [0, 0.1) is 0 Å². The number of hydrogen-bond donors (Lipinski definition) is 1. The van der Waals surface area contributed by atoms with Crippen LogP contribution >= 0.6 is 11.3 Å². The minimum atomic E-state index is 0.207. The van der Waals surface area contributed by atoms with Crippen molar-refractivity contribution in [2.45, 2.75) is 51.0 Å². The predicted octanol–water partition coefficient (Wildman–Crippen LogP) is 2.49. The number of anilines is 1. The van der Waals surface area contributed by atoms with Crippen LogP contribution in [0.2, 0.25) is 0 Å². The van der Waals surface area contributed by atoms with Gasteiger partial charge in [0.25, 0.3) is 0 Å². The molecule has 1 aliphatic carbocycles. The molecule has 2 aliphatic rings. The second-order valence-corrected chi connectivity index (χ2v) is 7.56. The minimum absolute atomic E-state index is 0.207. The molecule has 3 rings (SSSR count). The molecule has 2 fully saturated rings. The van der Waals surface area contributed by atoms with Gasteiger partial charge in [-0.05, 0) is 12.8 Å². The first-order valence-corrected chi connectivity index (χ1v) is 9.85. The number of hydrogen-bond acceptors (Lipinski definition) is 5. The van der Waals surface area contributed by atoms with Crippen LogP contribution in [0.15, 0.2) is 11.6 Å². The summed E-state index contributed by atoms with van der Waals surface area (Å²) >= 11 is 1.69. The molecular weight excluding hydrogens is 308 g/mol. The van der Waals surface area contributed by atoms with E-state index in [4.69, 9.17) is 0 Å². The van der Waals surface area contributed by atoms with Gasteiger partial charge in [0.2, 0.25) is 5.91 Å². The molecule has 128 valence electrons. The monoisotopic (exact) mass is 336 g/mol. The highest BCUT2D eigenvalue weighted by Crippen LogP contribution is 2.19. The lowest BCUT2D eigenvalue weighted by Crippen LogP contribution is -2.50. The van der Waals surface area contributed by atoms with Crippen molar-refractivity contribution in [2.75, 3.05) is 37.6 Å². The highest BCUT2D eigenvalue weighted by atomic mass is 32.1. The van der Waals surface area contributed by atoms with Crippen LogP contribution < -0.4 is 10.2 Å². The van der Waals surface area contributed by atoms with Gasteiger partial charge in [-0.15, -0.1) is 11.3 Å². The molecule has 1 saturated carbocycles. The quantitative estimate of drug-likeness (QED) is 0.918. The summed E-state index contributed by atoms with van der Waals surface area (Å²) in [6.45, 7) is 4.35. The van der Waals surface area contributed by atoms with E-state index >= 15 is 0 Å². The van der Waals surface area contributed by atoms with Crippen LogP contribution in [0.3, 0.4) is 0 Å². The Morgan fingerprint density at radius 2 is 1.83 bits per heavy atom. The summed E-state index contributed by atoms with van der Waals surface area (Å²) in [5.41, 5.74) is 0. The van der Waals surface area contributed by atoms with Crippen LogP contribution in [0.5, 0.6) is 0 Å². The van der Waals surface area contributed by atoms with Crippen LogP contribution in [-0.2, 0) is 4.79 Å². The Labute approximate surface area is 143 Å². The van der Waals surface area contributed by atoms with Crippen molar-refractivity contribution in [2.24, 2.45) is 0 Å². The fourth-order valence-corrected chi connectivity index (χ4v) is 4.24. The third-order valence-electron chi connectivity index (χ3n) is 4.90. The van der Waals surface area contributed by atoms with E-state index in [0.717, 1.165) is 44.2 Å². The average Bonchev–Trinajstić information content (AvgIpc) is 3.05. The highest BCUT2D eigenvalue weighted by Gasteiger charge is 2.21. The molecule has 1 aliphatic heterocycles. The maximum Gasteiger partial charge on any atom is 0.234 e. The van der Waals surface area contributed by atoms with Crippen LogP contribution in [0.4, 0.5) is 5.13 Å². The van der Waals surface area contributed by atoms with E-state index in [-0.39, 0.29) is 5.91 Å². The molecule has 23 heavy (non-hydrogen) atoms. The van der Waals surface area contributed by atoms with E-state index in [9.17, 15) is 4.79 Å². The Balaban J connectivity index is 1.38. The van der Waals surface area contributed by atoms with Crippen LogP contribution in [-0.4, -0.2) is 54.6 Å².